The Kier molecular flexibility index (Phi) is 5.10. The molecule has 0 fully saturated rings. The van der Waals surface area contributed by atoms with Crippen molar-refractivity contribution in [2.24, 2.45) is 14.1 Å². The van der Waals surface area contributed by atoms with Gasteiger partial charge < -0.3 is 11.1 Å². The summed E-state index contributed by atoms with van der Waals surface area (Å²) in [7, 11) is 2.92. The molecule has 0 unspecified atom stereocenters. The summed E-state index contributed by atoms with van der Waals surface area (Å²) >= 11 is 2.74. The molecule has 0 spiro atoms. The van der Waals surface area contributed by atoms with E-state index in [1.807, 2.05) is 23.6 Å². The highest BCUT2D eigenvalue weighted by atomic mass is 32.1. The fraction of sp³-hybridized carbons (Fsp3) is 0.100. The summed E-state index contributed by atoms with van der Waals surface area (Å²) in [5.74, 6) is -0.0816. The molecule has 0 saturated heterocycles. The molecule has 30 heavy (non-hydrogen) atoms. The highest BCUT2D eigenvalue weighted by Crippen LogP contribution is 2.30. The average Bonchev–Trinajstić information content (AvgIpc) is 3.44. The third-order valence-electron chi connectivity index (χ3n) is 4.60. The zero-order valence-corrected chi connectivity index (χ0v) is 17.7. The molecule has 0 saturated carbocycles. The number of rotatable bonds is 4. The van der Waals surface area contributed by atoms with Gasteiger partial charge in [0, 0.05) is 30.7 Å². The predicted molar refractivity (Wildman–Crippen MR) is 120 cm³/mol. The number of carbonyl (C=O) groups excluding carboxylic acids is 1. The number of hydrogen-bond donors (Lipinski definition) is 2. The van der Waals surface area contributed by atoms with Crippen LogP contribution >= 0.6 is 22.7 Å². The molecule has 0 bridgehead atoms. The first-order valence-corrected chi connectivity index (χ1v) is 10.6. The predicted octanol–water partition coefficient (Wildman–Crippen LogP) is 2.77. The Morgan fingerprint density at radius 1 is 1.07 bits per heavy atom. The summed E-state index contributed by atoms with van der Waals surface area (Å²) in [5, 5.41) is 7.12. The topological polar surface area (TPSA) is 112 Å². The number of nitrogens with zero attached hydrogens (tertiary/aromatic N) is 3. The molecule has 4 aromatic rings. The van der Waals surface area contributed by atoms with Gasteiger partial charge in [0.05, 0.1) is 10.6 Å². The number of anilines is 2. The van der Waals surface area contributed by atoms with Crippen LogP contribution in [0.4, 0.5) is 11.5 Å². The van der Waals surface area contributed by atoms with Crippen molar-refractivity contribution in [3.05, 3.63) is 72.9 Å². The number of benzene rings is 1. The van der Waals surface area contributed by atoms with E-state index >= 15 is 0 Å². The summed E-state index contributed by atoms with van der Waals surface area (Å²) in [6.07, 6.45) is 0. The van der Waals surface area contributed by atoms with Gasteiger partial charge in [0.2, 0.25) is 0 Å². The minimum Gasteiger partial charge on any atom is -0.384 e. The number of nitrogens with one attached hydrogen (secondary N) is 1. The number of thiophene rings is 1. The number of thiazole rings is 1. The van der Waals surface area contributed by atoms with Gasteiger partial charge in [0.1, 0.15) is 16.4 Å². The largest absolute Gasteiger partial charge is 0.384 e. The molecular formula is C20H17N5O3S2. The molecule has 0 aliphatic heterocycles. The van der Waals surface area contributed by atoms with Crippen LogP contribution in [-0.4, -0.2) is 20.0 Å². The maximum Gasteiger partial charge on any atom is 0.332 e. The normalized spacial score (nSPS) is 10.9. The Morgan fingerprint density at radius 2 is 1.80 bits per heavy atom. The Bertz CT molecular complexity index is 1350. The van der Waals surface area contributed by atoms with Crippen LogP contribution < -0.4 is 22.3 Å². The Labute approximate surface area is 178 Å². The molecule has 3 heterocycles. The van der Waals surface area contributed by atoms with Gasteiger partial charge in [-0.05, 0) is 35.7 Å². The second-order valence-corrected chi connectivity index (χ2v) is 8.32. The molecule has 10 heteroatoms. The number of amides is 1. The van der Waals surface area contributed by atoms with Gasteiger partial charge in [-0.1, -0.05) is 6.07 Å². The smallest absolute Gasteiger partial charge is 0.332 e. The zero-order chi connectivity index (χ0) is 21.4. The van der Waals surface area contributed by atoms with Gasteiger partial charge >= 0.3 is 5.69 Å². The van der Waals surface area contributed by atoms with E-state index in [0.717, 1.165) is 10.1 Å². The number of hydrogen-bond acceptors (Lipinski definition) is 7. The van der Waals surface area contributed by atoms with E-state index in [1.54, 1.807) is 23.6 Å². The third kappa shape index (κ3) is 3.46. The van der Waals surface area contributed by atoms with Crippen LogP contribution in [0.1, 0.15) is 9.67 Å². The van der Waals surface area contributed by atoms with Gasteiger partial charge in [0.25, 0.3) is 11.5 Å². The fourth-order valence-corrected chi connectivity index (χ4v) is 4.35. The van der Waals surface area contributed by atoms with Crippen LogP contribution in [0.3, 0.4) is 0 Å². The Hall–Kier alpha value is -3.50. The monoisotopic (exact) mass is 439 g/mol. The summed E-state index contributed by atoms with van der Waals surface area (Å²) in [6.45, 7) is 0. The van der Waals surface area contributed by atoms with Crippen LogP contribution in [0, 0.1) is 0 Å². The first-order chi connectivity index (χ1) is 14.4. The summed E-state index contributed by atoms with van der Waals surface area (Å²) in [6, 6.07) is 10.9. The lowest BCUT2D eigenvalue weighted by molar-refractivity contribution is 0.103. The van der Waals surface area contributed by atoms with E-state index in [9.17, 15) is 14.4 Å². The highest BCUT2D eigenvalue weighted by Gasteiger charge is 2.18. The number of carbonyl (C=O) groups is 1. The fourth-order valence-electron chi connectivity index (χ4n) is 2.92. The molecule has 4 rings (SSSR count). The lowest BCUT2D eigenvalue weighted by atomic mass is 10.2. The second kappa shape index (κ2) is 7.73. The van der Waals surface area contributed by atoms with E-state index in [1.165, 1.54) is 41.3 Å². The maximum absolute atomic E-state index is 12.5. The van der Waals surface area contributed by atoms with Gasteiger partial charge in [-0.25, -0.2) is 9.78 Å². The van der Waals surface area contributed by atoms with E-state index in [4.69, 9.17) is 5.73 Å². The second-order valence-electron chi connectivity index (χ2n) is 6.51. The number of aromatic nitrogens is 3. The molecule has 0 atom stereocenters. The van der Waals surface area contributed by atoms with E-state index in [0.29, 0.717) is 21.3 Å². The van der Waals surface area contributed by atoms with E-state index in [2.05, 4.69) is 10.3 Å². The van der Waals surface area contributed by atoms with Gasteiger partial charge in [-0.3, -0.25) is 18.7 Å². The quantitative estimate of drug-likeness (QED) is 0.508. The van der Waals surface area contributed by atoms with Crippen LogP contribution in [0.2, 0.25) is 0 Å². The number of nitrogen functional groups attached to an aromatic ring is 1. The lowest BCUT2D eigenvalue weighted by Crippen LogP contribution is -2.39. The van der Waals surface area contributed by atoms with Crippen molar-refractivity contribution < 1.29 is 4.79 Å². The summed E-state index contributed by atoms with van der Waals surface area (Å²) in [4.78, 5) is 41.9. The standard InChI is InChI=1S/C20H17N5O3S2/c1-24-16(21)15(19(27)25(2)20(24)28)13-10-30-18(23-13)11-5-7-12(8-6-11)22-17(26)14-4-3-9-29-14/h3-10H,21H2,1-2H3,(H,22,26). The van der Waals surface area contributed by atoms with Crippen molar-refractivity contribution in [1.29, 1.82) is 0 Å². The SMILES string of the molecule is Cn1c(N)c(-c2csc(-c3ccc(NC(=O)c4cccs4)cc3)n2)c(=O)n(C)c1=O. The van der Waals surface area contributed by atoms with Crippen molar-refractivity contribution >= 4 is 40.1 Å². The third-order valence-corrected chi connectivity index (χ3v) is 6.36. The molecular weight excluding hydrogens is 422 g/mol. The summed E-state index contributed by atoms with van der Waals surface area (Å²) < 4.78 is 2.23. The van der Waals surface area contributed by atoms with E-state index < -0.39 is 11.2 Å². The Morgan fingerprint density at radius 3 is 2.47 bits per heavy atom. The van der Waals surface area contributed by atoms with Crippen molar-refractivity contribution in [3.63, 3.8) is 0 Å². The molecule has 3 N–H and O–H groups in total. The maximum atomic E-state index is 12.5. The molecule has 0 aliphatic carbocycles. The lowest BCUT2D eigenvalue weighted by Gasteiger charge is -2.09. The first kappa shape index (κ1) is 19.8. The average molecular weight is 440 g/mol. The van der Waals surface area contributed by atoms with Crippen LogP contribution in [-0.2, 0) is 14.1 Å². The van der Waals surface area contributed by atoms with Crippen molar-refractivity contribution in [3.8, 4) is 21.8 Å². The zero-order valence-electron chi connectivity index (χ0n) is 16.1. The molecule has 3 aromatic heterocycles. The Balaban J connectivity index is 1.62. The molecule has 0 aliphatic rings. The van der Waals surface area contributed by atoms with Gasteiger partial charge in [-0.15, -0.1) is 22.7 Å². The number of nitrogens with two attached hydrogens (primary N) is 1. The van der Waals surface area contributed by atoms with Crippen LogP contribution in [0.25, 0.3) is 21.8 Å². The van der Waals surface area contributed by atoms with Crippen LogP contribution in [0.15, 0.2) is 56.7 Å². The molecule has 152 valence electrons. The van der Waals surface area contributed by atoms with E-state index in [-0.39, 0.29) is 17.3 Å². The minimum absolute atomic E-state index is 0.0755. The molecule has 0 radical (unpaired) electrons. The highest BCUT2D eigenvalue weighted by molar-refractivity contribution is 7.13. The molecule has 1 amide bonds. The van der Waals surface area contributed by atoms with Gasteiger partial charge in [0.15, 0.2) is 0 Å². The molecule has 1 aromatic carbocycles. The first-order valence-electron chi connectivity index (χ1n) is 8.83. The van der Waals surface area contributed by atoms with Crippen LogP contribution in [0.5, 0.6) is 0 Å². The van der Waals surface area contributed by atoms with Crippen molar-refractivity contribution in [2.45, 2.75) is 0 Å². The minimum atomic E-state index is -0.489. The molecule has 8 nitrogen and oxygen atoms in total. The summed E-state index contributed by atoms with van der Waals surface area (Å²) in [5.41, 5.74) is 7.16. The van der Waals surface area contributed by atoms with Crippen molar-refractivity contribution in [2.75, 3.05) is 11.1 Å². The van der Waals surface area contributed by atoms with Gasteiger partial charge in [-0.2, -0.15) is 0 Å². The van der Waals surface area contributed by atoms with Crippen molar-refractivity contribution in [1.82, 2.24) is 14.1 Å².